The van der Waals surface area contributed by atoms with Gasteiger partial charge >= 0.3 is 5.97 Å². The van der Waals surface area contributed by atoms with Gasteiger partial charge in [-0.3, -0.25) is 19.7 Å². The molecule has 0 aromatic heterocycles. The molecule has 0 unspecified atom stereocenters. The summed E-state index contributed by atoms with van der Waals surface area (Å²) < 4.78 is 5.82. The van der Waals surface area contributed by atoms with Gasteiger partial charge in [-0.2, -0.15) is 0 Å². The van der Waals surface area contributed by atoms with Crippen LogP contribution < -0.4 is 10.1 Å². The molecule has 1 heterocycles. The van der Waals surface area contributed by atoms with E-state index in [0.29, 0.717) is 11.5 Å². The summed E-state index contributed by atoms with van der Waals surface area (Å²) >= 11 is 0.910. The van der Waals surface area contributed by atoms with E-state index in [1.54, 1.807) is 6.08 Å². The van der Waals surface area contributed by atoms with E-state index in [0.717, 1.165) is 66.0 Å². The maximum atomic E-state index is 11.7. The van der Waals surface area contributed by atoms with E-state index in [2.05, 4.69) is 5.32 Å². The zero-order valence-corrected chi connectivity index (χ0v) is 16.8. The lowest BCUT2D eigenvalue weighted by Gasteiger charge is -2.08. The van der Waals surface area contributed by atoms with Crippen molar-refractivity contribution in [2.75, 3.05) is 6.61 Å². The van der Waals surface area contributed by atoms with Crippen molar-refractivity contribution in [1.82, 2.24) is 5.32 Å². The molecule has 2 aromatic rings. The molecule has 1 aliphatic heterocycles. The first-order chi connectivity index (χ1) is 14.0. The number of thioether (sulfide) groups is 1. The summed E-state index contributed by atoms with van der Waals surface area (Å²) in [6, 6.07) is 11.7. The summed E-state index contributed by atoms with van der Waals surface area (Å²) in [5, 5.41) is 12.6. The van der Waals surface area contributed by atoms with Gasteiger partial charge in [0.1, 0.15) is 5.75 Å². The number of hydrogen-bond acceptors (Lipinski definition) is 5. The number of benzene rings is 2. The van der Waals surface area contributed by atoms with E-state index in [-0.39, 0.29) is 17.6 Å². The highest BCUT2D eigenvalue weighted by Crippen LogP contribution is 2.28. The van der Waals surface area contributed by atoms with Crippen LogP contribution in [0.1, 0.15) is 44.1 Å². The second-order valence-corrected chi connectivity index (χ2v) is 7.90. The molecule has 0 saturated carbocycles. The number of carboxylic acid groups (broad SMARTS) is 1. The number of carboxylic acids is 1. The number of hydrogen-bond donors (Lipinski definition) is 2. The highest BCUT2D eigenvalue weighted by atomic mass is 32.2. The molecule has 3 rings (SSSR count). The molecule has 7 heteroatoms. The molecule has 1 fully saturated rings. The molecular weight excluding hydrogens is 390 g/mol. The third-order valence-electron chi connectivity index (χ3n) is 4.58. The van der Waals surface area contributed by atoms with Crippen molar-refractivity contribution < 1.29 is 24.2 Å². The van der Waals surface area contributed by atoms with Gasteiger partial charge in [-0.1, -0.05) is 37.5 Å². The predicted octanol–water partition coefficient (Wildman–Crippen LogP) is 4.97. The second-order valence-electron chi connectivity index (χ2n) is 6.88. The van der Waals surface area contributed by atoms with Crippen LogP contribution in [0, 0.1) is 0 Å². The Hall–Kier alpha value is -2.80. The average molecular weight is 413 g/mol. The maximum Gasteiger partial charge on any atom is 0.303 e. The van der Waals surface area contributed by atoms with Gasteiger partial charge in [0.15, 0.2) is 0 Å². The fraction of sp³-hybridized carbons (Fsp3) is 0.318. The minimum atomic E-state index is -0.730. The molecule has 2 N–H and O–H groups in total. The normalized spacial score (nSPS) is 15.1. The Kier molecular flexibility index (Phi) is 7.30. The molecule has 2 aromatic carbocycles. The van der Waals surface area contributed by atoms with Crippen molar-refractivity contribution in [3.8, 4) is 5.75 Å². The molecule has 0 bridgehead atoms. The number of amides is 2. The summed E-state index contributed by atoms with van der Waals surface area (Å²) in [7, 11) is 0. The third kappa shape index (κ3) is 6.35. The van der Waals surface area contributed by atoms with Crippen LogP contribution in [0.2, 0.25) is 0 Å². The van der Waals surface area contributed by atoms with Gasteiger partial charge < -0.3 is 9.84 Å². The lowest BCUT2D eigenvalue weighted by molar-refractivity contribution is -0.137. The summed E-state index contributed by atoms with van der Waals surface area (Å²) in [5.74, 6) is -0.275. The zero-order valence-electron chi connectivity index (χ0n) is 16.0. The molecule has 152 valence electrons. The van der Waals surface area contributed by atoms with E-state index in [4.69, 9.17) is 9.84 Å². The van der Waals surface area contributed by atoms with E-state index >= 15 is 0 Å². The number of carbonyl (C=O) groups excluding carboxylic acids is 2. The number of unbranched alkanes of at least 4 members (excludes halogenated alkanes) is 4. The molecule has 2 amide bonds. The topological polar surface area (TPSA) is 92.7 Å². The second kappa shape index (κ2) is 10.1. The summed E-state index contributed by atoms with van der Waals surface area (Å²) in [4.78, 5) is 33.8. The Morgan fingerprint density at radius 1 is 1.00 bits per heavy atom. The molecule has 6 nitrogen and oxygen atoms in total. The van der Waals surface area contributed by atoms with Gasteiger partial charge in [-0.05, 0) is 65.2 Å². The number of rotatable bonds is 10. The minimum absolute atomic E-state index is 0.247. The smallest absolute Gasteiger partial charge is 0.303 e. The van der Waals surface area contributed by atoms with Gasteiger partial charge in [-0.15, -0.1) is 0 Å². The first-order valence-electron chi connectivity index (χ1n) is 9.64. The summed E-state index contributed by atoms with van der Waals surface area (Å²) in [5.41, 5.74) is 0.862. The fourth-order valence-corrected chi connectivity index (χ4v) is 3.78. The van der Waals surface area contributed by atoms with E-state index in [1.807, 2.05) is 36.4 Å². The quantitative estimate of drug-likeness (QED) is 0.422. The van der Waals surface area contributed by atoms with Gasteiger partial charge in [0, 0.05) is 6.42 Å². The van der Waals surface area contributed by atoms with Crippen LogP contribution in [0.3, 0.4) is 0 Å². The van der Waals surface area contributed by atoms with Crippen LogP contribution in [0.25, 0.3) is 16.8 Å². The number of imide groups is 1. The first kappa shape index (κ1) is 20.9. The first-order valence-corrected chi connectivity index (χ1v) is 10.5. The third-order valence-corrected chi connectivity index (χ3v) is 5.39. The standard InChI is InChI=1S/C22H23NO5S/c24-20(25)6-4-2-1-3-5-11-28-18-10-9-16-12-15(7-8-17(16)14-18)13-19-21(26)23-22(27)29-19/h7-10,12-14H,1-6,11H2,(H,24,25)(H,23,26,27). The van der Waals surface area contributed by atoms with Gasteiger partial charge in [0.25, 0.3) is 11.1 Å². The molecule has 0 aliphatic carbocycles. The van der Waals surface area contributed by atoms with Crippen LogP contribution in [0.5, 0.6) is 5.75 Å². The number of aliphatic carboxylic acids is 1. The molecule has 29 heavy (non-hydrogen) atoms. The van der Waals surface area contributed by atoms with Crippen molar-refractivity contribution in [2.45, 2.75) is 38.5 Å². The van der Waals surface area contributed by atoms with Crippen molar-refractivity contribution in [2.24, 2.45) is 0 Å². The lowest BCUT2D eigenvalue weighted by atomic mass is 10.1. The zero-order chi connectivity index (χ0) is 20.6. The van der Waals surface area contributed by atoms with E-state index in [1.165, 1.54) is 0 Å². The van der Waals surface area contributed by atoms with Crippen molar-refractivity contribution in [3.05, 3.63) is 46.9 Å². The molecule has 1 aliphatic rings. The van der Waals surface area contributed by atoms with Crippen molar-refractivity contribution in [1.29, 1.82) is 0 Å². The molecule has 0 atom stereocenters. The highest BCUT2D eigenvalue weighted by molar-refractivity contribution is 8.18. The monoisotopic (exact) mass is 413 g/mol. The number of fused-ring (bicyclic) bond motifs is 1. The Bertz CT molecular complexity index is 953. The van der Waals surface area contributed by atoms with Crippen LogP contribution in [0.15, 0.2) is 41.3 Å². The average Bonchev–Trinajstić information content (AvgIpc) is 3.00. The van der Waals surface area contributed by atoms with Crippen LogP contribution >= 0.6 is 11.8 Å². The molecular formula is C22H23NO5S. The Balaban J connectivity index is 1.49. The largest absolute Gasteiger partial charge is 0.494 e. The molecule has 1 saturated heterocycles. The maximum absolute atomic E-state index is 11.7. The predicted molar refractivity (Wildman–Crippen MR) is 114 cm³/mol. The minimum Gasteiger partial charge on any atom is -0.494 e. The van der Waals surface area contributed by atoms with Gasteiger partial charge in [-0.25, -0.2) is 0 Å². The van der Waals surface area contributed by atoms with Gasteiger partial charge in [0.2, 0.25) is 0 Å². The SMILES string of the molecule is O=C(O)CCCCCCCOc1ccc2cc(C=C3SC(=O)NC3=O)ccc2c1. The number of nitrogens with one attached hydrogen (secondary N) is 1. The van der Waals surface area contributed by atoms with E-state index < -0.39 is 5.97 Å². The lowest BCUT2D eigenvalue weighted by Crippen LogP contribution is -2.17. The van der Waals surface area contributed by atoms with Crippen molar-refractivity contribution in [3.63, 3.8) is 0 Å². The Labute approximate surface area is 173 Å². The summed E-state index contributed by atoms with van der Waals surface area (Å²) in [6.07, 6.45) is 6.63. The van der Waals surface area contributed by atoms with Crippen molar-refractivity contribution >= 4 is 45.7 Å². The molecule has 0 radical (unpaired) electrons. The Morgan fingerprint density at radius 3 is 2.48 bits per heavy atom. The number of ether oxygens (including phenoxy) is 1. The van der Waals surface area contributed by atoms with E-state index in [9.17, 15) is 14.4 Å². The van der Waals surface area contributed by atoms with Crippen LogP contribution in [0.4, 0.5) is 4.79 Å². The fourth-order valence-electron chi connectivity index (χ4n) is 3.09. The van der Waals surface area contributed by atoms with Crippen LogP contribution in [-0.2, 0) is 9.59 Å². The number of carbonyl (C=O) groups is 3. The highest BCUT2D eigenvalue weighted by Gasteiger charge is 2.24. The van der Waals surface area contributed by atoms with Crippen LogP contribution in [-0.4, -0.2) is 28.8 Å². The summed E-state index contributed by atoms with van der Waals surface area (Å²) in [6.45, 7) is 0.634. The Morgan fingerprint density at radius 2 is 1.72 bits per heavy atom. The van der Waals surface area contributed by atoms with Gasteiger partial charge in [0.05, 0.1) is 11.5 Å². The molecule has 0 spiro atoms.